The number of para-hydroxylation sites is 5. The second-order valence-electron chi connectivity index (χ2n) is 8.27. The number of hydrogen-bond donors (Lipinski definition) is 0. The highest BCUT2D eigenvalue weighted by Gasteiger charge is 2.53. The largest absolute Gasteiger partial charge is 0.456 e. The maximum Gasteiger partial charge on any atom is 0.135 e. The Morgan fingerprint density at radius 2 is 1.52 bits per heavy atom. The molecule has 0 radical (unpaired) electrons. The van der Waals surface area contributed by atoms with Crippen molar-refractivity contribution in [2.24, 2.45) is 0 Å². The van der Waals surface area contributed by atoms with Gasteiger partial charge in [-0.1, -0.05) is 73.7 Å². The van der Waals surface area contributed by atoms with Crippen molar-refractivity contribution in [2.45, 2.75) is 18.8 Å². The monoisotopic (exact) mass is 400 g/mol. The van der Waals surface area contributed by atoms with Crippen molar-refractivity contribution in [3.63, 3.8) is 0 Å². The third-order valence-electron chi connectivity index (χ3n) is 6.83. The van der Waals surface area contributed by atoms with Crippen LogP contribution in [0.25, 0.3) is 16.7 Å². The number of hydrogen-bond acceptors (Lipinski definition) is 2. The average Bonchev–Trinajstić information content (AvgIpc) is 3.34. The lowest BCUT2D eigenvalue weighted by Crippen LogP contribution is -2.33. The molecule has 3 heteroatoms. The van der Waals surface area contributed by atoms with E-state index in [0.717, 1.165) is 40.3 Å². The summed E-state index contributed by atoms with van der Waals surface area (Å²) in [4.78, 5) is 5.25. The van der Waals surface area contributed by atoms with Crippen LogP contribution in [0.15, 0.2) is 91.0 Å². The third kappa shape index (κ3) is 1.92. The summed E-state index contributed by atoms with van der Waals surface area (Å²) in [6.07, 6.45) is 0.916. The Labute approximate surface area is 180 Å². The summed E-state index contributed by atoms with van der Waals surface area (Å²) in [5.74, 6) is 2.92. The molecular formula is C28H20N2O. The van der Waals surface area contributed by atoms with Gasteiger partial charge in [-0.3, -0.25) is 4.57 Å². The summed E-state index contributed by atoms with van der Waals surface area (Å²) in [5.41, 5.74) is 7.64. The Kier molecular flexibility index (Phi) is 3.19. The molecule has 7 rings (SSSR count). The highest BCUT2D eigenvalue weighted by molar-refractivity contribution is 5.85. The molecule has 0 amide bonds. The molecule has 5 aromatic rings. The fourth-order valence-electron chi connectivity index (χ4n) is 5.56. The molecule has 3 nitrogen and oxygen atoms in total. The molecule has 0 aliphatic carbocycles. The maximum atomic E-state index is 6.55. The van der Waals surface area contributed by atoms with Crippen LogP contribution >= 0.6 is 0 Å². The van der Waals surface area contributed by atoms with Crippen LogP contribution in [0.5, 0.6) is 11.5 Å². The zero-order valence-corrected chi connectivity index (χ0v) is 17.2. The minimum absolute atomic E-state index is 0.509. The third-order valence-corrected chi connectivity index (χ3v) is 6.83. The van der Waals surface area contributed by atoms with Crippen LogP contribution in [0.4, 0.5) is 0 Å². The molecule has 0 N–H and O–H groups in total. The molecule has 1 spiro atoms. The van der Waals surface area contributed by atoms with Crippen molar-refractivity contribution in [1.82, 2.24) is 9.55 Å². The molecule has 1 aromatic heterocycles. The molecule has 3 heterocycles. The molecule has 2 aliphatic heterocycles. The smallest absolute Gasteiger partial charge is 0.135 e. The van der Waals surface area contributed by atoms with Crippen molar-refractivity contribution < 1.29 is 4.74 Å². The second-order valence-corrected chi connectivity index (χ2v) is 8.27. The van der Waals surface area contributed by atoms with E-state index in [4.69, 9.17) is 9.72 Å². The zero-order valence-electron chi connectivity index (χ0n) is 17.2. The Bertz CT molecular complexity index is 1510. The maximum absolute atomic E-state index is 6.55. The van der Waals surface area contributed by atoms with Gasteiger partial charge in [0.1, 0.15) is 22.7 Å². The number of fused-ring (bicyclic) bond motifs is 11. The van der Waals surface area contributed by atoms with Gasteiger partial charge >= 0.3 is 0 Å². The van der Waals surface area contributed by atoms with E-state index in [1.807, 2.05) is 0 Å². The second kappa shape index (κ2) is 5.86. The van der Waals surface area contributed by atoms with Crippen LogP contribution in [0.1, 0.15) is 35.0 Å². The van der Waals surface area contributed by atoms with Crippen LogP contribution in [0.3, 0.4) is 0 Å². The van der Waals surface area contributed by atoms with Gasteiger partial charge in [-0.15, -0.1) is 0 Å². The molecule has 1 atom stereocenters. The van der Waals surface area contributed by atoms with Gasteiger partial charge in [0.25, 0.3) is 0 Å². The number of imidazole rings is 1. The van der Waals surface area contributed by atoms with Gasteiger partial charge < -0.3 is 4.74 Å². The van der Waals surface area contributed by atoms with Crippen LogP contribution in [-0.4, -0.2) is 9.55 Å². The summed E-state index contributed by atoms with van der Waals surface area (Å²) < 4.78 is 8.90. The summed E-state index contributed by atoms with van der Waals surface area (Å²) in [6, 6.07) is 32.1. The normalized spacial score (nSPS) is 17.7. The van der Waals surface area contributed by atoms with E-state index in [9.17, 15) is 0 Å². The molecule has 2 aliphatic rings. The standard InChI is InChI=1S/C28H20N2O/c1-2-18-10-9-13-21-26(18)31-25-17-8-4-12-20(25)28(21)19-11-3-6-15-23(19)30-24-16-7-5-14-22(24)29-27(28)30/h3-17H,2H2,1H3. The van der Waals surface area contributed by atoms with Gasteiger partial charge in [-0.2, -0.15) is 0 Å². The molecule has 0 fully saturated rings. The van der Waals surface area contributed by atoms with Crippen molar-refractivity contribution >= 4 is 11.0 Å². The van der Waals surface area contributed by atoms with E-state index in [0.29, 0.717) is 0 Å². The lowest BCUT2D eigenvalue weighted by Gasteiger charge is -2.38. The first-order valence-electron chi connectivity index (χ1n) is 10.8. The van der Waals surface area contributed by atoms with Crippen LogP contribution in [0, 0.1) is 0 Å². The SMILES string of the molecule is CCc1cccc2c1Oc1ccccc1C21c2ccccc2-n2c1nc1ccccc12. The van der Waals surface area contributed by atoms with E-state index in [1.165, 1.54) is 22.4 Å². The summed E-state index contributed by atoms with van der Waals surface area (Å²) in [7, 11) is 0. The number of rotatable bonds is 1. The fraction of sp³-hybridized carbons (Fsp3) is 0.107. The number of aryl methyl sites for hydroxylation is 1. The van der Waals surface area contributed by atoms with Crippen molar-refractivity contribution in [3.8, 4) is 17.2 Å². The van der Waals surface area contributed by atoms with Gasteiger partial charge in [0, 0.05) is 11.1 Å². The van der Waals surface area contributed by atoms with Crippen molar-refractivity contribution in [2.75, 3.05) is 0 Å². The number of ether oxygens (including phenoxy) is 1. The van der Waals surface area contributed by atoms with E-state index in [-0.39, 0.29) is 0 Å². The molecule has 4 aromatic carbocycles. The number of nitrogens with zero attached hydrogens (tertiary/aromatic N) is 2. The molecular weight excluding hydrogens is 380 g/mol. The molecule has 1 unspecified atom stereocenters. The zero-order chi connectivity index (χ0) is 20.6. The molecule has 0 saturated heterocycles. The first-order valence-corrected chi connectivity index (χ1v) is 10.8. The first kappa shape index (κ1) is 16.9. The Morgan fingerprint density at radius 3 is 2.42 bits per heavy atom. The quantitative estimate of drug-likeness (QED) is 0.319. The predicted molar refractivity (Wildman–Crippen MR) is 122 cm³/mol. The van der Waals surface area contributed by atoms with Crippen LogP contribution in [0.2, 0.25) is 0 Å². The average molecular weight is 400 g/mol. The minimum atomic E-state index is -0.509. The van der Waals surface area contributed by atoms with Gasteiger partial charge in [-0.25, -0.2) is 4.98 Å². The first-order chi connectivity index (χ1) is 15.3. The highest BCUT2D eigenvalue weighted by atomic mass is 16.5. The molecule has 0 bridgehead atoms. The summed E-state index contributed by atoms with van der Waals surface area (Å²) >= 11 is 0. The number of aromatic nitrogens is 2. The van der Waals surface area contributed by atoms with E-state index in [1.54, 1.807) is 0 Å². The molecule has 31 heavy (non-hydrogen) atoms. The topological polar surface area (TPSA) is 27.1 Å². The van der Waals surface area contributed by atoms with Crippen molar-refractivity contribution in [3.05, 3.63) is 119 Å². The Hall–Kier alpha value is -3.85. The van der Waals surface area contributed by atoms with Crippen molar-refractivity contribution in [1.29, 1.82) is 0 Å². The minimum Gasteiger partial charge on any atom is -0.456 e. The van der Waals surface area contributed by atoms with Crippen LogP contribution in [-0.2, 0) is 11.8 Å². The lowest BCUT2D eigenvalue weighted by molar-refractivity contribution is 0.428. The molecule has 148 valence electrons. The fourth-order valence-corrected chi connectivity index (χ4v) is 5.56. The summed E-state index contributed by atoms with van der Waals surface area (Å²) in [6.45, 7) is 2.18. The van der Waals surface area contributed by atoms with Gasteiger partial charge in [0.2, 0.25) is 0 Å². The van der Waals surface area contributed by atoms with Gasteiger partial charge in [0.05, 0.1) is 16.7 Å². The highest BCUT2D eigenvalue weighted by Crippen LogP contribution is 2.60. The number of benzene rings is 4. The van der Waals surface area contributed by atoms with Crippen LogP contribution < -0.4 is 4.74 Å². The predicted octanol–water partition coefficient (Wildman–Crippen LogP) is 6.39. The van der Waals surface area contributed by atoms with E-state index in [2.05, 4.69) is 102 Å². The van der Waals surface area contributed by atoms with E-state index >= 15 is 0 Å². The Morgan fingerprint density at radius 1 is 0.774 bits per heavy atom. The van der Waals surface area contributed by atoms with E-state index < -0.39 is 5.41 Å². The summed E-state index contributed by atoms with van der Waals surface area (Å²) in [5, 5.41) is 0. The van der Waals surface area contributed by atoms with Gasteiger partial charge in [0.15, 0.2) is 0 Å². The Balaban J connectivity index is 1.74. The lowest BCUT2D eigenvalue weighted by atomic mass is 9.67. The molecule has 0 saturated carbocycles. The van der Waals surface area contributed by atoms with Gasteiger partial charge in [-0.05, 0) is 41.8 Å².